The fourth-order valence-corrected chi connectivity index (χ4v) is 5.88. The molecule has 3 heterocycles. The molecule has 8 nitrogen and oxygen atoms in total. The van der Waals surface area contributed by atoms with Crippen LogP contribution in [0.15, 0.2) is 42.5 Å². The molecule has 8 heteroatoms. The van der Waals surface area contributed by atoms with Crippen LogP contribution in [0.2, 0.25) is 0 Å². The topological polar surface area (TPSA) is 89.1 Å². The van der Waals surface area contributed by atoms with Gasteiger partial charge in [0.2, 0.25) is 11.8 Å². The van der Waals surface area contributed by atoms with Crippen molar-refractivity contribution < 1.29 is 19.4 Å². The van der Waals surface area contributed by atoms with E-state index in [1.54, 1.807) is 35.1 Å². The molecule has 2 N–H and O–H groups in total. The summed E-state index contributed by atoms with van der Waals surface area (Å²) in [6, 6.07) is 12.3. The number of benzene rings is 2. The SMILES string of the molecule is CCN(CC)CCN1CC(=O)N2[C@H](c3cccc(O)c3)c3[nH]c4ccc(OC)cc4c3C[C@]2(C)C1=O. The van der Waals surface area contributed by atoms with Crippen molar-refractivity contribution in [3.8, 4) is 11.5 Å². The predicted molar refractivity (Wildman–Crippen MR) is 138 cm³/mol. The summed E-state index contributed by atoms with van der Waals surface area (Å²) in [5.74, 6) is 0.725. The molecule has 190 valence electrons. The first-order chi connectivity index (χ1) is 17.3. The lowest BCUT2D eigenvalue weighted by Gasteiger charge is -2.53. The molecule has 0 aliphatic carbocycles. The molecule has 3 aromatic rings. The Labute approximate surface area is 211 Å². The second kappa shape index (κ2) is 9.17. The number of piperazine rings is 1. The molecule has 2 aliphatic rings. The number of phenolic OH excluding ortho intramolecular Hbond substituents is 1. The van der Waals surface area contributed by atoms with E-state index in [0.29, 0.717) is 13.0 Å². The summed E-state index contributed by atoms with van der Waals surface area (Å²) in [6.07, 6.45) is 0.400. The fourth-order valence-electron chi connectivity index (χ4n) is 5.88. The Balaban J connectivity index is 1.64. The Morgan fingerprint density at radius 3 is 2.64 bits per heavy atom. The number of ether oxygens (including phenoxy) is 1. The minimum Gasteiger partial charge on any atom is -0.508 e. The number of nitrogens with zero attached hydrogens (tertiary/aromatic N) is 3. The van der Waals surface area contributed by atoms with Crippen LogP contribution in [0.5, 0.6) is 11.5 Å². The lowest BCUT2D eigenvalue weighted by molar-refractivity contribution is -0.167. The van der Waals surface area contributed by atoms with Gasteiger partial charge in [-0.15, -0.1) is 0 Å². The van der Waals surface area contributed by atoms with Crippen molar-refractivity contribution in [2.45, 2.75) is 38.8 Å². The minimum atomic E-state index is -1.06. The zero-order chi connectivity index (χ0) is 25.6. The second-order valence-corrected chi connectivity index (χ2v) is 9.89. The van der Waals surface area contributed by atoms with Crippen LogP contribution in [0.25, 0.3) is 10.9 Å². The van der Waals surface area contributed by atoms with Crippen LogP contribution in [0.1, 0.15) is 43.6 Å². The molecule has 2 atom stereocenters. The van der Waals surface area contributed by atoms with Crippen molar-refractivity contribution in [1.29, 1.82) is 0 Å². The van der Waals surface area contributed by atoms with E-state index >= 15 is 0 Å². The second-order valence-electron chi connectivity index (χ2n) is 9.89. The van der Waals surface area contributed by atoms with Crippen molar-refractivity contribution in [2.75, 3.05) is 39.8 Å². The summed E-state index contributed by atoms with van der Waals surface area (Å²) in [6.45, 7) is 9.18. The number of amides is 2. The largest absolute Gasteiger partial charge is 0.508 e. The number of aromatic hydroxyl groups is 1. The summed E-state index contributed by atoms with van der Waals surface area (Å²) in [5.41, 5.74) is 2.51. The van der Waals surface area contributed by atoms with Gasteiger partial charge in [0, 0.05) is 36.1 Å². The van der Waals surface area contributed by atoms with Crippen LogP contribution in [0.4, 0.5) is 0 Å². The Hall–Kier alpha value is -3.52. The molecule has 0 radical (unpaired) electrons. The highest BCUT2D eigenvalue weighted by Gasteiger charge is 2.56. The molecule has 1 fully saturated rings. The van der Waals surface area contributed by atoms with E-state index in [1.807, 2.05) is 31.2 Å². The first kappa shape index (κ1) is 24.2. The molecular formula is C28H34N4O4. The average molecular weight is 491 g/mol. The molecule has 2 aliphatic heterocycles. The third kappa shape index (κ3) is 3.80. The predicted octanol–water partition coefficient (Wildman–Crippen LogP) is 3.30. The third-order valence-electron chi connectivity index (χ3n) is 7.84. The molecule has 2 amide bonds. The van der Waals surface area contributed by atoms with Crippen LogP contribution in [0, 0.1) is 0 Å². The van der Waals surface area contributed by atoms with E-state index in [-0.39, 0.29) is 24.1 Å². The summed E-state index contributed by atoms with van der Waals surface area (Å²) >= 11 is 0. The number of nitrogens with one attached hydrogen (secondary N) is 1. The average Bonchev–Trinajstić information content (AvgIpc) is 3.23. The highest BCUT2D eigenvalue weighted by molar-refractivity contribution is 6.00. The van der Waals surface area contributed by atoms with Crippen LogP contribution in [0.3, 0.4) is 0 Å². The van der Waals surface area contributed by atoms with Crippen molar-refractivity contribution >= 4 is 22.7 Å². The van der Waals surface area contributed by atoms with Gasteiger partial charge in [-0.05, 0) is 61.5 Å². The zero-order valence-electron chi connectivity index (χ0n) is 21.4. The quantitative estimate of drug-likeness (QED) is 0.531. The third-order valence-corrected chi connectivity index (χ3v) is 7.84. The van der Waals surface area contributed by atoms with E-state index in [2.05, 4.69) is 23.7 Å². The van der Waals surface area contributed by atoms with Gasteiger partial charge in [-0.2, -0.15) is 0 Å². The van der Waals surface area contributed by atoms with Crippen LogP contribution in [-0.2, 0) is 16.0 Å². The van der Waals surface area contributed by atoms with Gasteiger partial charge in [-0.25, -0.2) is 0 Å². The lowest BCUT2D eigenvalue weighted by atomic mass is 9.78. The number of H-pyrrole nitrogens is 1. The smallest absolute Gasteiger partial charge is 0.249 e. The number of fused-ring (bicyclic) bond motifs is 4. The number of rotatable bonds is 7. The van der Waals surface area contributed by atoms with E-state index < -0.39 is 11.6 Å². The van der Waals surface area contributed by atoms with Gasteiger partial charge in [0.05, 0.1) is 19.7 Å². The Bertz CT molecular complexity index is 1310. The lowest BCUT2D eigenvalue weighted by Crippen LogP contribution is -2.70. The number of carbonyl (C=O) groups excluding carboxylic acids is 2. The molecule has 1 saturated heterocycles. The van der Waals surface area contributed by atoms with Crippen molar-refractivity contribution in [2.24, 2.45) is 0 Å². The van der Waals surface area contributed by atoms with Gasteiger partial charge in [0.15, 0.2) is 0 Å². The van der Waals surface area contributed by atoms with Crippen molar-refractivity contribution in [1.82, 2.24) is 19.7 Å². The highest BCUT2D eigenvalue weighted by atomic mass is 16.5. The zero-order valence-corrected chi connectivity index (χ0v) is 21.4. The number of likely N-dealkylation sites (N-methyl/N-ethyl adjacent to an activating group) is 1. The summed E-state index contributed by atoms with van der Waals surface area (Å²) < 4.78 is 5.48. The number of hydrogen-bond acceptors (Lipinski definition) is 5. The van der Waals surface area contributed by atoms with Gasteiger partial charge < -0.3 is 29.5 Å². The summed E-state index contributed by atoms with van der Waals surface area (Å²) in [4.78, 5) is 37.1. The Morgan fingerprint density at radius 1 is 1.17 bits per heavy atom. The molecular weight excluding hydrogens is 456 g/mol. The number of aromatic nitrogens is 1. The number of carbonyl (C=O) groups is 2. The van der Waals surface area contributed by atoms with Gasteiger partial charge in [0.25, 0.3) is 0 Å². The molecule has 36 heavy (non-hydrogen) atoms. The van der Waals surface area contributed by atoms with Crippen LogP contribution >= 0.6 is 0 Å². The maximum atomic E-state index is 14.1. The normalized spacial score (nSPS) is 21.8. The number of aromatic amines is 1. The first-order valence-corrected chi connectivity index (χ1v) is 12.6. The summed E-state index contributed by atoms with van der Waals surface area (Å²) in [7, 11) is 1.63. The molecule has 5 rings (SSSR count). The maximum absolute atomic E-state index is 14.1. The number of hydrogen-bond donors (Lipinski definition) is 2. The van der Waals surface area contributed by atoms with Gasteiger partial charge in [0.1, 0.15) is 17.0 Å². The molecule has 1 aromatic heterocycles. The van der Waals surface area contributed by atoms with Crippen LogP contribution < -0.4 is 4.74 Å². The van der Waals surface area contributed by atoms with Crippen molar-refractivity contribution in [3.63, 3.8) is 0 Å². The molecule has 2 aromatic carbocycles. The monoisotopic (exact) mass is 490 g/mol. The van der Waals surface area contributed by atoms with E-state index in [4.69, 9.17) is 4.74 Å². The maximum Gasteiger partial charge on any atom is 0.249 e. The highest BCUT2D eigenvalue weighted by Crippen LogP contribution is 2.47. The van der Waals surface area contributed by atoms with E-state index in [0.717, 1.165) is 53.1 Å². The summed E-state index contributed by atoms with van der Waals surface area (Å²) in [5, 5.41) is 11.3. The van der Waals surface area contributed by atoms with E-state index in [1.165, 1.54) is 0 Å². The minimum absolute atomic E-state index is 0.0395. The van der Waals surface area contributed by atoms with Gasteiger partial charge in [-0.1, -0.05) is 26.0 Å². The number of methoxy groups -OCH3 is 1. The Kier molecular flexibility index (Phi) is 6.16. The molecule has 0 unspecified atom stereocenters. The van der Waals surface area contributed by atoms with E-state index in [9.17, 15) is 14.7 Å². The van der Waals surface area contributed by atoms with Gasteiger partial charge in [-0.3, -0.25) is 9.59 Å². The first-order valence-electron chi connectivity index (χ1n) is 12.6. The van der Waals surface area contributed by atoms with Crippen LogP contribution in [-0.4, -0.2) is 82.0 Å². The fraction of sp³-hybridized carbons (Fsp3) is 0.429. The number of phenols is 1. The van der Waals surface area contributed by atoms with Gasteiger partial charge >= 0.3 is 0 Å². The Morgan fingerprint density at radius 2 is 1.94 bits per heavy atom. The molecule has 0 saturated carbocycles. The molecule has 0 spiro atoms. The molecule has 0 bridgehead atoms. The standard InChI is InChI=1S/C28H34N4O4/c1-5-30(6-2)12-13-31-17-24(34)32-26(18-8-7-9-19(33)14-18)25-22(16-28(32,3)27(31)35)21-15-20(36-4)10-11-23(21)29-25/h7-11,14-15,26,29,33H,5-6,12-13,16-17H2,1-4H3/t26-,28-/m1/s1. The van der Waals surface area contributed by atoms with Crippen molar-refractivity contribution in [3.05, 3.63) is 59.3 Å².